The lowest BCUT2D eigenvalue weighted by Gasteiger charge is -2.25. The molecule has 2 amide bonds. The fourth-order valence-electron chi connectivity index (χ4n) is 3.54. The number of hydrogen-bond donors (Lipinski definition) is 1. The Morgan fingerprint density at radius 3 is 2.09 bits per heavy atom. The van der Waals surface area contributed by atoms with Crippen molar-refractivity contribution in [3.8, 4) is 0 Å². The van der Waals surface area contributed by atoms with Gasteiger partial charge < -0.3 is 10.2 Å². The van der Waals surface area contributed by atoms with Crippen molar-refractivity contribution in [3.05, 3.63) is 88.9 Å². The molecule has 3 aromatic carbocycles. The van der Waals surface area contributed by atoms with E-state index in [1.165, 1.54) is 24.3 Å². The number of carbonyl (C=O) groups is 2. The fourth-order valence-corrected chi connectivity index (χ4v) is 5.09. The molecule has 0 saturated carbocycles. The number of benzene rings is 3. The molecule has 7 nitrogen and oxygen atoms in total. The van der Waals surface area contributed by atoms with E-state index in [1.807, 2.05) is 20.8 Å². The second-order valence-electron chi connectivity index (χ2n) is 7.87. The van der Waals surface area contributed by atoms with Crippen molar-refractivity contribution in [1.82, 2.24) is 4.90 Å². The fraction of sp³-hybridized carbons (Fsp3) is 0.231. The van der Waals surface area contributed by atoms with Crippen molar-refractivity contribution in [3.63, 3.8) is 0 Å². The van der Waals surface area contributed by atoms with E-state index in [1.54, 1.807) is 53.4 Å². The van der Waals surface area contributed by atoms with Crippen LogP contribution in [0.4, 0.5) is 11.4 Å². The molecule has 0 aromatic heterocycles. The number of aryl methyl sites for hydroxylation is 1. The number of carbonyl (C=O) groups excluding carboxylic acids is 2. The first-order chi connectivity index (χ1) is 16.7. The van der Waals surface area contributed by atoms with Crippen LogP contribution in [0.15, 0.2) is 77.7 Å². The maximum Gasteiger partial charge on any atom is 0.264 e. The molecule has 0 bridgehead atoms. The van der Waals surface area contributed by atoms with Crippen LogP contribution >= 0.6 is 11.6 Å². The van der Waals surface area contributed by atoms with Crippen LogP contribution in [-0.4, -0.2) is 44.8 Å². The van der Waals surface area contributed by atoms with Crippen LogP contribution in [0.5, 0.6) is 0 Å². The number of hydrogen-bond acceptors (Lipinski definition) is 4. The molecule has 3 rings (SSSR count). The number of para-hydroxylation sites is 1. The molecule has 0 atom stereocenters. The van der Waals surface area contributed by atoms with Gasteiger partial charge in [0, 0.05) is 18.1 Å². The van der Waals surface area contributed by atoms with E-state index >= 15 is 0 Å². The molecule has 0 aliphatic rings. The summed E-state index contributed by atoms with van der Waals surface area (Å²) >= 11 is 5.93. The van der Waals surface area contributed by atoms with Gasteiger partial charge in [-0.2, -0.15) is 0 Å². The number of rotatable bonds is 9. The van der Waals surface area contributed by atoms with Crippen molar-refractivity contribution in [2.24, 2.45) is 0 Å². The lowest BCUT2D eigenvalue weighted by molar-refractivity contribution is -0.114. The first kappa shape index (κ1) is 26.2. The highest BCUT2D eigenvalue weighted by Gasteiger charge is 2.28. The monoisotopic (exact) mass is 513 g/mol. The van der Waals surface area contributed by atoms with Gasteiger partial charge in [0.1, 0.15) is 6.54 Å². The Balaban J connectivity index is 1.93. The van der Waals surface area contributed by atoms with Crippen LogP contribution in [0.2, 0.25) is 5.02 Å². The van der Waals surface area contributed by atoms with Crippen LogP contribution in [0, 0.1) is 6.92 Å². The van der Waals surface area contributed by atoms with Gasteiger partial charge in [-0.25, -0.2) is 8.42 Å². The van der Waals surface area contributed by atoms with Gasteiger partial charge in [-0.15, -0.1) is 0 Å². The maximum atomic E-state index is 13.5. The van der Waals surface area contributed by atoms with Crippen LogP contribution < -0.4 is 9.62 Å². The van der Waals surface area contributed by atoms with Crippen molar-refractivity contribution in [2.45, 2.75) is 25.7 Å². The smallest absolute Gasteiger partial charge is 0.264 e. The van der Waals surface area contributed by atoms with Crippen molar-refractivity contribution in [2.75, 3.05) is 29.3 Å². The van der Waals surface area contributed by atoms with Gasteiger partial charge in [0.2, 0.25) is 5.91 Å². The minimum absolute atomic E-state index is 0.00684. The molecule has 184 valence electrons. The van der Waals surface area contributed by atoms with Crippen LogP contribution in [0.25, 0.3) is 0 Å². The van der Waals surface area contributed by atoms with Gasteiger partial charge in [-0.05, 0) is 69.3 Å². The normalized spacial score (nSPS) is 11.1. The Morgan fingerprint density at radius 2 is 1.49 bits per heavy atom. The van der Waals surface area contributed by atoms with Gasteiger partial charge in [-0.1, -0.05) is 41.4 Å². The van der Waals surface area contributed by atoms with Crippen LogP contribution in [0.1, 0.15) is 29.8 Å². The summed E-state index contributed by atoms with van der Waals surface area (Å²) in [7, 11) is -4.08. The van der Waals surface area contributed by atoms with E-state index in [4.69, 9.17) is 11.6 Å². The summed E-state index contributed by atoms with van der Waals surface area (Å²) in [4.78, 5) is 27.7. The highest BCUT2D eigenvalue weighted by Crippen LogP contribution is 2.26. The molecule has 0 unspecified atom stereocenters. The minimum atomic E-state index is -4.08. The molecule has 3 aromatic rings. The molecule has 0 aliphatic heterocycles. The zero-order valence-corrected chi connectivity index (χ0v) is 21.4. The average molecular weight is 514 g/mol. The van der Waals surface area contributed by atoms with Gasteiger partial charge in [0.25, 0.3) is 15.9 Å². The summed E-state index contributed by atoms with van der Waals surface area (Å²) in [5.41, 5.74) is 1.95. The number of anilines is 2. The van der Waals surface area contributed by atoms with E-state index < -0.39 is 22.5 Å². The summed E-state index contributed by atoms with van der Waals surface area (Å²) in [6, 6.07) is 19.3. The number of halogens is 1. The highest BCUT2D eigenvalue weighted by molar-refractivity contribution is 7.92. The number of nitrogens with zero attached hydrogens (tertiary/aromatic N) is 2. The van der Waals surface area contributed by atoms with E-state index in [-0.39, 0.29) is 10.8 Å². The van der Waals surface area contributed by atoms with Crippen LogP contribution in [0.3, 0.4) is 0 Å². The predicted molar refractivity (Wildman–Crippen MR) is 139 cm³/mol. The molecule has 9 heteroatoms. The maximum absolute atomic E-state index is 13.5. The first-order valence-corrected chi connectivity index (χ1v) is 13.0. The number of sulfonamides is 1. The van der Waals surface area contributed by atoms with Crippen molar-refractivity contribution < 1.29 is 18.0 Å². The molecule has 0 spiro atoms. The zero-order valence-electron chi connectivity index (χ0n) is 19.9. The molecule has 0 radical (unpaired) electrons. The summed E-state index contributed by atoms with van der Waals surface area (Å²) in [6.07, 6.45) is 0. The van der Waals surface area contributed by atoms with Crippen LogP contribution in [-0.2, 0) is 14.8 Å². The van der Waals surface area contributed by atoms with E-state index in [0.29, 0.717) is 35.1 Å². The summed E-state index contributed by atoms with van der Waals surface area (Å²) < 4.78 is 28.0. The molecule has 35 heavy (non-hydrogen) atoms. The Labute approximate surface area is 211 Å². The second-order valence-corrected chi connectivity index (χ2v) is 10.2. The SMILES string of the molecule is CCN(CC)C(=O)c1ccccc1NC(=O)CN(c1ccc(C)cc1)S(=O)(=O)c1ccc(Cl)cc1. The minimum Gasteiger partial charge on any atom is -0.339 e. The Hall–Kier alpha value is -3.36. The predicted octanol–water partition coefficient (Wildman–Crippen LogP) is 4.96. The van der Waals surface area contributed by atoms with E-state index in [0.717, 1.165) is 9.87 Å². The molecule has 0 heterocycles. The Morgan fingerprint density at radius 1 is 0.886 bits per heavy atom. The first-order valence-electron chi connectivity index (χ1n) is 11.2. The average Bonchev–Trinajstić information content (AvgIpc) is 2.84. The molecule has 0 fully saturated rings. The summed E-state index contributed by atoms with van der Waals surface area (Å²) in [5, 5.41) is 3.13. The molecule has 0 aliphatic carbocycles. The molecular weight excluding hydrogens is 486 g/mol. The topological polar surface area (TPSA) is 86.8 Å². The zero-order chi connectivity index (χ0) is 25.6. The lowest BCUT2D eigenvalue weighted by atomic mass is 10.1. The lowest BCUT2D eigenvalue weighted by Crippen LogP contribution is -2.38. The third-order valence-electron chi connectivity index (χ3n) is 5.49. The van der Waals surface area contributed by atoms with Gasteiger partial charge in [0.15, 0.2) is 0 Å². The molecule has 0 saturated heterocycles. The van der Waals surface area contributed by atoms with Crippen molar-refractivity contribution in [1.29, 1.82) is 0 Å². The number of amides is 2. The van der Waals surface area contributed by atoms with E-state index in [9.17, 15) is 18.0 Å². The Kier molecular flexibility index (Phi) is 8.53. The third-order valence-corrected chi connectivity index (χ3v) is 7.53. The van der Waals surface area contributed by atoms with Gasteiger partial charge in [0.05, 0.1) is 21.8 Å². The Bertz CT molecular complexity index is 1290. The highest BCUT2D eigenvalue weighted by atomic mass is 35.5. The largest absolute Gasteiger partial charge is 0.339 e. The second kappa shape index (κ2) is 11.4. The summed E-state index contributed by atoms with van der Waals surface area (Å²) in [5.74, 6) is -0.794. The standard InChI is InChI=1S/C26H28ClN3O4S/c1-4-29(5-2)26(32)23-8-6-7-9-24(23)28-25(31)18-30(21-14-10-19(3)11-15-21)35(33,34)22-16-12-20(27)13-17-22/h6-17H,4-5,18H2,1-3H3,(H,28,31). The van der Waals surface area contributed by atoms with Gasteiger partial charge >= 0.3 is 0 Å². The number of nitrogens with one attached hydrogen (secondary N) is 1. The quantitative estimate of drug-likeness (QED) is 0.438. The molecule has 1 N–H and O–H groups in total. The van der Waals surface area contributed by atoms with Crippen molar-refractivity contribution >= 4 is 44.8 Å². The van der Waals surface area contributed by atoms with Gasteiger partial charge in [-0.3, -0.25) is 13.9 Å². The van der Waals surface area contributed by atoms with E-state index in [2.05, 4.69) is 5.32 Å². The summed E-state index contributed by atoms with van der Waals surface area (Å²) in [6.45, 7) is 6.21. The molecular formula is C26H28ClN3O4S. The third kappa shape index (κ3) is 6.21.